The van der Waals surface area contributed by atoms with Gasteiger partial charge in [-0.1, -0.05) is 12.1 Å². The predicted molar refractivity (Wildman–Crippen MR) is 104 cm³/mol. The topological polar surface area (TPSA) is 78.5 Å². The Hall–Kier alpha value is -1.15. The number of piperidine rings is 1. The SMILES string of the molecule is Cl.O=C(CCc1ccc(S(=O)(=O)N2CCCC2)cc1)NC1CCNCC1. The average Bonchev–Trinajstić information content (AvgIpc) is 3.17. The van der Waals surface area contributed by atoms with Crippen LogP contribution in [0.5, 0.6) is 0 Å². The van der Waals surface area contributed by atoms with E-state index >= 15 is 0 Å². The maximum atomic E-state index is 12.5. The van der Waals surface area contributed by atoms with Gasteiger partial charge in [0.1, 0.15) is 0 Å². The number of hydrogen-bond donors (Lipinski definition) is 2. The second kappa shape index (κ2) is 9.69. The number of sulfonamides is 1. The summed E-state index contributed by atoms with van der Waals surface area (Å²) >= 11 is 0. The molecule has 6 nitrogen and oxygen atoms in total. The van der Waals surface area contributed by atoms with Crippen LogP contribution in [0.1, 0.15) is 37.7 Å². The van der Waals surface area contributed by atoms with Gasteiger partial charge in [0, 0.05) is 25.6 Å². The van der Waals surface area contributed by atoms with Crippen molar-refractivity contribution in [2.24, 2.45) is 0 Å². The standard InChI is InChI=1S/C18H27N3O3S.ClH/c22-18(20-16-9-11-19-12-10-16)8-5-15-3-6-17(7-4-15)25(23,24)21-13-1-2-14-21;/h3-4,6-7,16,19H,1-2,5,8-14H2,(H,20,22);1H. The van der Waals surface area contributed by atoms with Crippen molar-refractivity contribution in [2.45, 2.75) is 49.5 Å². The highest BCUT2D eigenvalue weighted by Gasteiger charge is 2.26. The summed E-state index contributed by atoms with van der Waals surface area (Å²) in [6, 6.07) is 7.24. The Kier molecular flexibility index (Phi) is 7.88. The maximum Gasteiger partial charge on any atom is 0.243 e. The third-order valence-electron chi connectivity index (χ3n) is 4.97. The van der Waals surface area contributed by atoms with Gasteiger partial charge in [0.05, 0.1) is 4.90 Å². The van der Waals surface area contributed by atoms with Gasteiger partial charge in [0.2, 0.25) is 15.9 Å². The number of amides is 1. The van der Waals surface area contributed by atoms with E-state index in [1.807, 2.05) is 12.1 Å². The third kappa shape index (κ3) is 5.42. The lowest BCUT2D eigenvalue weighted by Crippen LogP contribution is -2.42. The molecule has 2 fully saturated rings. The van der Waals surface area contributed by atoms with E-state index in [1.54, 1.807) is 16.4 Å². The summed E-state index contributed by atoms with van der Waals surface area (Å²) in [6.45, 7) is 3.14. The van der Waals surface area contributed by atoms with Crippen LogP contribution in [-0.2, 0) is 21.2 Å². The van der Waals surface area contributed by atoms with Crippen LogP contribution in [0.25, 0.3) is 0 Å². The van der Waals surface area contributed by atoms with Crippen LogP contribution in [0.2, 0.25) is 0 Å². The lowest BCUT2D eigenvalue weighted by atomic mass is 10.1. The molecule has 0 spiro atoms. The number of aryl methyl sites for hydroxylation is 1. The van der Waals surface area contributed by atoms with Crippen molar-refractivity contribution in [3.8, 4) is 0 Å². The van der Waals surface area contributed by atoms with Crippen LogP contribution >= 0.6 is 12.4 Å². The average molecular weight is 402 g/mol. The Morgan fingerprint density at radius 3 is 2.35 bits per heavy atom. The molecule has 0 aliphatic carbocycles. The first kappa shape index (κ1) is 21.2. The Bertz CT molecular complexity index is 682. The van der Waals surface area contributed by atoms with E-state index < -0.39 is 10.0 Å². The summed E-state index contributed by atoms with van der Waals surface area (Å²) in [5.74, 6) is 0.0701. The van der Waals surface area contributed by atoms with Gasteiger partial charge in [-0.2, -0.15) is 4.31 Å². The zero-order chi connectivity index (χ0) is 17.7. The quantitative estimate of drug-likeness (QED) is 0.760. The number of benzene rings is 1. The molecule has 1 amide bonds. The van der Waals surface area contributed by atoms with E-state index in [9.17, 15) is 13.2 Å². The minimum absolute atomic E-state index is 0. The fourth-order valence-corrected chi connectivity index (χ4v) is 4.95. The smallest absolute Gasteiger partial charge is 0.243 e. The zero-order valence-electron chi connectivity index (χ0n) is 14.9. The van der Waals surface area contributed by atoms with Gasteiger partial charge in [-0.25, -0.2) is 8.42 Å². The van der Waals surface area contributed by atoms with Gasteiger partial charge >= 0.3 is 0 Å². The van der Waals surface area contributed by atoms with Crippen molar-refractivity contribution in [3.63, 3.8) is 0 Å². The molecule has 2 aliphatic rings. The zero-order valence-corrected chi connectivity index (χ0v) is 16.6. The minimum Gasteiger partial charge on any atom is -0.353 e. The second-order valence-corrected chi connectivity index (χ2v) is 8.78. The molecule has 2 saturated heterocycles. The fourth-order valence-electron chi connectivity index (χ4n) is 3.43. The van der Waals surface area contributed by atoms with Crippen molar-refractivity contribution in [3.05, 3.63) is 29.8 Å². The summed E-state index contributed by atoms with van der Waals surface area (Å²) in [5, 5.41) is 6.36. The molecule has 8 heteroatoms. The first-order valence-electron chi connectivity index (χ1n) is 9.15. The molecule has 0 aromatic heterocycles. The Balaban J connectivity index is 0.00000243. The summed E-state index contributed by atoms with van der Waals surface area (Å²) in [4.78, 5) is 12.4. The highest BCUT2D eigenvalue weighted by atomic mass is 35.5. The van der Waals surface area contributed by atoms with Crippen LogP contribution in [0.4, 0.5) is 0 Å². The summed E-state index contributed by atoms with van der Waals surface area (Å²) < 4.78 is 26.5. The molecule has 26 heavy (non-hydrogen) atoms. The Labute approximate surface area is 162 Å². The lowest BCUT2D eigenvalue weighted by molar-refractivity contribution is -0.121. The van der Waals surface area contributed by atoms with Gasteiger partial charge in [-0.15, -0.1) is 12.4 Å². The maximum absolute atomic E-state index is 12.5. The van der Waals surface area contributed by atoms with Crippen LogP contribution in [0.3, 0.4) is 0 Å². The van der Waals surface area contributed by atoms with E-state index in [-0.39, 0.29) is 24.4 Å². The highest BCUT2D eigenvalue weighted by molar-refractivity contribution is 7.89. The second-order valence-electron chi connectivity index (χ2n) is 6.85. The molecule has 1 aromatic carbocycles. The molecule has 146 valence electrons. The molecule has 2 N–H and O–H groups in total. The van der Waals surface area contributed by atoms with Gasteiger partial charge in [0.15, 0.2) is 0 Å². The Morgan fingerprint density at radius 2 is 1.73 bits per heavy atom. The lowest BCUT2D eigenvalue weighted by Gasteiger charge is -2.23. The number of carbonyl (C=O) groups excluding carboxylic acids is 1. The van der Waals surface area contributed by atoms with E-state index in [0.29, 0.717) is 30.8 Å². The monoisotopic (exact) mass is 401 g/mol. The molecule has 0 unspecified atom stereocenters. The summed E-state index contributed by atoms with van der Waals surface area (Å²) in [7, 11) is -3.36. The van der Waals surface area contributed by atoms with E-state index in [1.165, 1.54) is 0 Å². The van der Waals surface area contributed by atoms with Gasteiger partial charge < -0.3 is 10.6 Å². The molecule has 0 atom stereocenters. The highest BCUT2D eigenvalue weighted by Crippen LogP contribution is 2.21. The van der Waals surface area contributed by atoms with E-state index in [2.05, 4.69) is 10.6 Å². The van der Waals surface area contributed by atoms with Crippen molar-refractivity contribution in [1.29, 1.82) is 0 Å². The first-order valence-corrected chi connectivity index (χ1v) is 10.6. The van der Waals surface area contributed by atoms with Gasteiger partial charge in [0.25, 0.3) is 0 Å². The summed E-state index contributed by atoms with van der Waals surface area (Å²) in [6.07, 6.45) is 4.89. The molecule has 3 rings (SSSR count). The molecular formula is C18H28ClN3O3S. The van der Waals surface area contributed by atoms with Crippen LogP contribution in [-0.4, -0.2) is 50.9 Å². The number of rotatable bonds is 6. The molecule has 0 bridgehead atoms. The fraction of sp³-hybridized carbons (Fsp3) is 0.611. The molecule has 2 heterocycles. The van der Waals surface area contributed by atoms with Crippen molar-refractivity contribution >= 4 is 28.3 Å². The van der Waals surface area contributed by atoms with Gasteiger partial charge in [-0.05, 0) is 62.9 Å². The number of hydrogen-bond acceptors (Lipinski definition) is 4. The van der Waals surface area contributed by atoms with Crippen LogP contribution < -0.4 is 10.6 Å². The molecule has 0 radical (unpaired) electrons. The molecule has 0 saturated carbocycles. The first-order chi connectivity index (χ1) is 12.1. The Morgan fingerprint density at radius 1 is 1.12 bits per heavy atom. The number of nitrogens with zero attached hydrogens (tertiary/aromatic N) is 1. The van der Waals surface area contributed by atoms with E-state index in [0.717, 1.165) is 44.3 Å². The number of halogens is 1. The van der Waals surface area contributed by atoms with Crippen molar-refractivity contribution < 1.29 is 13.2 Å². The normalized spacial score (nSPS) is 19.1. The minimum atomic E-state index is -3.36. The van der Waals surface area contributed by atoms with E-state index in [4.69, 9.17) is 0 Å². The predicted octanol–water partition coefficient (Wildman–Crippen LogP) is 1.69. The number of nitrogens with one attached hydrogen (secondary N) is 2. The molecule has 1 aromatic rings. The molecular weight excluding hydrogens is 374 g/mol. The largest absolute Gasteiger partial charge is 0.353 e. The summed E-state index contributed by atoms with van der Waals surface area (Å²) in [5.41, 5.74) is 0.987. The van der Waals surface area contributed by atoms with Crippen LogP contribution in [0.15, 0.2) is 29.2 Å². The third-order valence-corrected chi connectivity index (χ3v) is 6.88. The van der Waals surface area contributed by atoms with Crippen molar-refractivity contribution in [1.82, 2.24) is 14.9 Å². The van der Waals surface area contributed by atoms with Gasteiger partial charge in [-0.3, -0.25) is 4.79 Å². The van der Waals surface area contributed by atoms with Crippen LogP contribution in [0, 0.1) is 0 Å². The number of carbonyl (C=O) groups is 1. The molecule has 2 aliphatic heterocycles. The van der Waals surface area contributed by atoms with Crippen molar-refractivity contribution in [2.75, 3.05) is 26.2 Å².